The average molecular weight is 380 g/mol. The molecular formula is C15H15F3N8O. The summed E-state index contributed by atoms with van der Waals surface area (Å²) in [6.07, 6.45) is -3.01. The highest BCUT2D eigenvalue weighted by Crippen LogP contribution is 2.28. The zero-order valence-corrected chi connectivity index (χ0v) is 14.3. The molecule has 0 radical (unpaired) electrons. The van der Waals surface area contributed by atoms with Crippen LogP contribution in [0.15, 0.2) is 29.2 Å². The minimum absolute atomic E-state index is 0.0379. The fourth-order valence-corrected chi connectivity index (χ4v) is 2.95. The van der Waals surface area contributed by atoms with Gasteiger partial charge >= 0.3 is 6.18 Å². The molecule has 142 valence electrons. The molecule has 4 rings (SSSR count). The Bertz CT molecular complexity index is 1040. The molecule has 3 aromatic rings. The van der Waals surface area contributed by atoms with Crippen molar-refractivity contribution in [3.8, 4) is 0 Å². The Morgan fingerprint density at radius 2 is 1.74 bits per heavy atom. The third kappa shape index (κ3) is 3.17. The Kier molecular flexibility index (Phi) is 3.97. The van der Waals surface area contributed by atoms with Gasteiger partial charge in [-0.1, -0.05) is 0 Å². The van der Waals surface area contributed by atoms with Crippen LogP contribution in [-0.4, -0.2) is 55.8 Å². The van der Waals surface area contributed by atoms with Gasteiger partial charge in [-0.2, -0.15) is 22.8 Å². The van der Waals surface area contributed by atoms with Gasteiger partial charge in [0.15, 0.2) is 5.65 Å². The predicted molar refractivity (Wildman–Crippen MR) is 89.7 cm³/mol. The number of halogens is 3. The monoisotopic (exact) mass is 380 g/mol. The van der Waals surface area contributed by atoms with Crippen LogP contribution >= 0.6 is 0 Å². The first kappa shape index (κ1) is 17.2. The second-order valence-electron chi connectivity index (χ2n) is 6.13. The van der Waals surface area contributed by atoms with Crippen LogP contribution in [0.1, 0.15) is 5.82 Å². The number of alkyl halides is 3. The van der Waals surface area contributed by atoms with E-state index in [2.05, 4.69) is 20.4 Å². The smallest absolute Gasteiger partial charge is 0.367 e. The van der Waals surface area contributed by atoms with E-state index in [1.54, 1.807) is 19.3 Å². The van der Waals surface area contributed by atoms with Crippen LogP contribution in [0, 0.1) is 0 Å². The first-order valence-electron chi connectivity index (χ1n) is 8.16. The first-order chi connectivity index (χ1) is 12.8. The molecule has 0 bridgehead atoms. The standard InChI is InChI=1S/C15H15F3N8O/c1-23-13(27)8-10(9-19-23)24-4-6-25(7-5-24)12-3-2-11-20-21-14(15(16,17)18)26(11)22-12/h2-3,8-9H,4-7H2,1H3. The Morgan fingerprint density at radius 3 is 2.41 bits per heavy atom. The number of nitrogens with zero attached hydrogens (tertiary/aromatic N) is 8. The van der Waals surface area contributed by atoms with Crippen LogP contribution in [0.3, 0.4) is 0 Å². The summed E-state index contributed by atoms with van der Waals surface area (Å²) in [7, 11) is 1.58. The van der Waals surface area contributed by atoms with Gasteiger partial charge in [0.05, 0.1) is 11.9 Å². The fourth-order valence-electron chi connectivity index (χ4n) is 2.95. The minimum Gasteiger partial charge on any atom is -0.367 e. The van der Waals surface area contributed by atoms with Crippen molar-refractivity contribution < 1.29 is 13.2 Å². The molecule has 1 fully saturated rings. The van der Waals surface area contributed by atoms with Crippen molar-refractivity contribution in [2.45, 2.75) is 6.18 Å². The van der Waals surface area contributed by atoms with Gasteiger partial charge in [0.1, 0.15) is 5.82 Å². The molecule has 12 heteroatoms. The van der Waals surface area contributed by atoms with Crippen LogP contribution < -0.4 is 15.4 Å². The average Bonchev–Trinajstić information content (AvgIpc) is 3.08. The third-order valence-corrected chi connectivity index (χ3v) is 4.42. The summed E-state index contributed by atoms with van der Waals surface area (Å²) in [6.45, 7) is 2.25. The van der Waals surface area contributed by atoms with Gasteiger partial charge in [-0.3, -0.25) is 4.79 Å². The van der Waals surface area contributed by atoms with Crippen molar-refractivity contribution in [2.24, 2.45) is 7.05 Å². The van der Waals surface area contributed by atoms with Gasteiger partial charge < -0.3 is 9.80 Å². The van der Waals surface area contributed by atoms with Gasteiger partial charge in [0.25, 0.3) is 11.4 Å². The summed E-state index contributed by atoms with van der Waals surface area (Å²) in [5.74, 6) is -0.737. The summed E-state index contributed by atoms with van der Waals surface area (Å²) in [6, 6.07) is 4.60. The normalized spacial score (nSPS) is 15.6. The van der Waals surface area contributed by atoms with Crippen molar-refractivity contribution in [2.75, 3.05) is 36.0 Å². The molecule has 0 aromatic carbocycles. The highest BCUT2D eigenvalue weighted by atomic mass is 19.4. The van der Waals surface area contributed by atoms with Gasteiger partial charge in [-0.05, 0) is 12.1 Å². The van der Waals surface area contributed by atoms with E-state index in [4.69, 9.17) is 0 Å². The van der Waals surface area contributed by atoms with Gasteiger partial charge in [0, 0.05) is 39.3 Å². The van der Waals surface area contributed by atoms with E-state index in [9.17, 15) is 18.0 Å². The molecule has 0 aliphatic carbocycles. The maximum Gasteiger partial charge on any atom is 0.453 e. The lowest BCUT2D eigenvalue weighted by Gasteiger charge is -2.36. The number of fused-ring (bicyclic) bond motifs is 1. The van der Waals surface area contributed by atoms with E-state index in [1.165, 1.54) is 16.8 Å². The molecule has 0 spiro atoms. The fraction of sp³-hybridized carbons (Fsp3) is 0.400. The SMILES string of the molecule is Cn1ncc(N2CCN(c3ccc4nnc(C(F)(F)F)n4n3)CC2)cc1=O. The van der Waals surface area contributed by atoms with E-state index in [0.29, 0.717) is 36.5 Å². The zero-order chi connectivity index (χ0) is 19.2. The predicted octanol–water partition coefficient (Wildman–Crippen LogP) is 0.563. The summed E-state index contributed by atoms with van der Waals surface area (Å²) >= 11 is 0. The number of anilines is 2. The number of hydrogen-bond acceptors (Lipinski definition) is 7. The van der Waals surface area contributed by atoms with Crippen LogP contribution in [0.2, 0.25) is 0 Å². The number of aryl methyl sites for hydroxylation is 1. The van der Waals surface area contributed by atoms with E-state index < -0.39 is 12.0 Å². The van der Waals surface area contributed by atoms with E-state index in [0.717, 1.165) is 5.69 Å². The molecule has 0 amide bonds. The molecule has 3 aromatic heterocycles. The number of hydrogen-bond donors (Lipinski definition) is 0. The van der Waals surface area contributed by atoms with Crippen molar-refractivity contribution in [1.82, 2.24) is 29.6 Å². The van der Waals surface area contributed by atoms with Gasteiger partial charge in [0.2, 0.25) is 0 Å². The van der Waals surface area contributed by atoms with Crippen molar-refractivity contribution in [1.29, 1.82) is 0 Å². The lowest BCUT2D eigenvalue weighted by atomic mass is 10.3. The number of piperazine rings is 1. The van der Waals surface area contributed by atoms with Crippen molar-refractivity contribution in [3.63, 3.8) is 0 Å². The van der Waals surface area contributed by atoms with Crippen molar-refractivity contribution >= 4 is 17.2 Å². The van der Waals surface area contributed by atoms with E-state index >= 15 is 0 Å². The Morgan fingerprint density at radius 1 is 1.04 bits per heavy atom. The van der Waals surface area contributed by atoms with Crippen LogP contribution in [0.25, 0.3) is 5.65 Å². The molecule has 0 N–H and O–H groups in total. The minimum atomic E-state index is -4.63. The number of rotatable bonds is 2. The van der Waals surface area contributed by atoms with Crippen molar-refractivity contribution in [3.05, 3.63) is 40.6 Å². The van der Waals surface area contributed by atoms with Crippen LogP contribution in [-0.2, 0) is 13.2 Å². The van der Waals surface area contributed by atoms with Gasteiger partial charge in [-0.15, -0.1) is 15.3 Å². The molecular weight excluding hydrogens is 365 g/mol. The lowest BCUT2D eigenvalue weighted by molar-refractivity contribution is -0.146. The highest BCUT2D eigenvalue weighted by Gasteiger charge is 2.37. The summed E-state index contributed by atoms with van der Waals surface area (Å²) < 4.78 is 41.0. The molecule has 9 nitrogen and oxygen atoms in total. The summed E-state index contributed by atoms with van der Waals surface area (Å²) in [5, 5.41) is 14.8. The molecule has 0 saturated carbocycles. The Hall–Kier alpha value is -3.18. The third-order valence-electron chi connectivity index (χ3n) is 4.42. The molecule has 27 heavy (non-hydrogen) atoms. The molecule has 1 saturated heterocycles. The first-order valence-corrected chi connectivity index (χ1v) is 8.16. The van der Waals surface area contributed by atoms with Crippen LogP contribution in [0.5, 0.6) is 0 Å². The summed E-state index contributed by atoms with van der Waals surface area (Å²) in [4.78, 5) is 15.6. The maximum atomic E-state index is 13.0. The highest BCUT2D eigenvalue weighted by molar-refractivity contribution is 5.49. The largest absolute Gasteiger partial charge is 0.453 e. The number of aromatic nitrogens is 6. The Labute approximate surface area is 150 Å². The van der Waals surface area contributed by atoms with Crippen LogP contribution in [0.4, 0.5) is 24.7 Å². The maximum absolute atomic E-state index is 13.0. The second-order valence-corrected chi connectivity index (χ2v) is 6.13. The molecule has 4 heterocycles. The topological polar surface area (TPSA) is 84.5 Å². The second kappa shape index (κ2) is 6.21. The molecule has 1 aliphatic rings. The molecule has 1 aliphatic heterocycles. The van der Waals surface area contributed by atoms with E-state index in [1.807, 2.05) is 9.80 Å². The zero-order valence-electron chi connectivity index (χ0n) is 14.3. The Balaban J connectivity index is 1.54. The van der Waals surface area contributed by atoms with E-state index in [-0.39, 0.29) is 11.2 Å². The summed E-state index contributed by atoms with van der Waals surface area (Å²) in [5.41, 5.74) is 0.560. The molecule has 0 atom stereocenters. The molecule has 0 unspecified atom stereocenters. The quantitative estimate of drug-likeness (QED) is 0.642. The van der Waals surface area contributed by atoms with Gasteiger partial charge in [-0.25, -0.2) is 4.68 Å². The lowest BCUT2D eigenvalue weighted by Crippen LogP contribution is -2.47.